The lowest BCUT2D eigenvalue weighted by atomic mass is 10.1. The first-order valence-corrected chi connectivity index (χ1v) is 12.3. The number of para-hydroxylation sites is 1. The second kappa shape index (κ2) is 10.9. The summed E-state index contributed by atoms with van der Waals surface area (Å²) in [6.07, 6.45) is 0.996. The number of hydrogen-bond acceptors (Lipinski definition) is 8. The minimum Gasteiger partial charge on any atom is -0.493 e. The minimum atomic E-state index is -0.168. The van der Waals surface area contributed by atoms with E-state index in [1.54, 1.807) is 30.6 Å². The summed E-state index contributed by atoms with van der Waals surface area (Å²) in [5, 5.41) is 4.11. The largest absolute Gasteiger partial charge is 0.493 e. The van der Waals surface area contributed by atoms with Crippen molar-refractivity contribution in [3.05, 3.63) is 41.5 Å². The highest BCUT2D eigenvalue weighted by atomic mass is 32.1. The summed E-state index contributed by atoms with van der Waals surface area (Å²) in [4.78, 5) is 22.4. The molecule has 0 bridgehead atoms. The molecule has 1 saturated heterocycles. The Morgan fingerprint density at radius 3 is 2.38 bits per heavy atom. The number of nitrogens with zero attached hydrogens (tertiary/aromatic N) is 3. The van der Waals surface area contributed by atoms with E-state index in [-0.39, 0.29) is 5.91 Å². The molecule has 1 amide bonds. The second-order valence-electron chi connectivity index (χ2n) is 8.11. The number of anilines is 1. The van der Waals surface area contributed by atoms with Crippen LogP contribution in [0.4, 0.5) is 5.13 Å². The van der Waals surface area contributed by atoms with Crippen LogP contribution in [0.1, 0.15) is 22.8 Å². The Bertz CT molecular complexity index is 1120. The number of rotatable bonds is 9. The molecule has 1 aliphatic rings. The minimum absolute atomic E-state index is 0.168. The van der Waals surface area contributed by atoms with Gasteiger partial charge in [-0.2, -0.15) is 0 Å². The van der Waals surface area contributed by atoms with Gasteiger partial charge in [0.2, 0.25) is 5.75 Å². The van der Waals surface area contributed by atoms with Crippen molar-refractivity contribution in [3.63, 3.8) is 0 Å². The molecule has 4 rings (SSSR count). The molecule has 1 fully saturated rings. The van der Waals surface area contributed by atoms with Gasteiger partial charge >= 0.3 is 0 Å². The summed E-state index contributed by atoms with van der Waals surface area (Å²) in [6, 6.07) is 9.76. The first-order valence-electron chi connectivity index (χ1n) is 11.5. The van der Waals surface area contributed by atoms with Crippen LogP contribution in [0.15, 0.2) is 30.3 Å². The highest BCUT2D eigenvalue weighted by Gasteiger charge is 2.21. The van der Waals surface area contributed by atoms with E-state index in [9.17, 15) is 4.79 Å². The molecule has 182 valence electrons. The van der Waals surface area contributed by atoms with Crippen LogP contribution in [-0.4, -0.2) is 76.4 Å². The van der Waals surface area contributed by atoms with E-state index in [2.05, 4.69) is 40.2 Å². The molecule has 0 unspecified atom stereocenters. The average Bonchev–Trinajstić information content (AvgIpc) is 3.32. The SMILES string of the molecule is CCc1cccc2sc(N3CCN(CCNC(=O)c4cc(OC)c(OC)c(OC)c4)CC3)nc12. The number of hydrogen-bond donors (Lipinski definition) is 1. The van der Waals surface area contributed by atoms with Crippen LogP contribution in [0.3, 0.4) is 0 Å². The molecule has 34 heavy (non-hydrogen) atoms. The number of ether oxygens (including phenoxy) is 3. The molecule has 0 radical (unpaired) electrons. The van der Waals surface area contributed by atoms with E-state index in [0.717, 1.165) is 49.8 Å². The standard InChI is InChI=1S/C25H32N4O4S/c1-5-17-7-6-8-21-22(17)27-25(34-21)29-13-11-28(12-14-29)10-9-26-24(30)18-15-19(31-2)23(33-4)20(16-18)32-3/h6-8,15-16H,5,9-14H2,1-4H3,(H,26,30). The fraction of sp³-hybridized carbons (Fsp3) is 0.440. The van der Waals surface area contributed by atoms with E-state index in [1.807, 2.05) is 0 Å². The zero-order valence-electron chi connectivity index (χ0n) is 20.2. The quantitative estimate of drug-likeness (QED) is 0.499. The summed E-state index contributed by atoms with van der Waals surface area (Å²) < 4.78 is 17.3. The number of benzene rings is 2. The maximum Gasteiger partial charge on any atom is 0.251 e. The highest BCUT2D eigenvalue weighted by molar-refractivity contribution is 7.22. The lowest BCUT2D eigenvalue weighted by Crippen LogP contribution is -2.48. The van der Waals surface area contributed by atoms with Crippen molar-refractivity contribution in [1.82, 2.24) is 15.2 Å². The maximum atomic E-state index is 12.7. The van der Waals surface area contributed by atoms with E-state index < -0.39 is 0 Å². The Morgan fingerprint density at radius 2 is 1.76 bits per heavy atom. The van der Waals surface area contributed by atoms with Gasteiger partial charge in [0.1, 0.15) is 0 Å². The Kier molecular flexibility index (Phi) is 7.74. The molecule has 3 aromatic rings. The van der Waals surface area contributed by atoms with Crippen LogP contribution in [0.5, 0.6) is 17.2 Å². The number of carbonyl (C=O) groups is 1. The van der Waals surface area contributed by atoms with Crippen molar-refractivity contribution < 1.29 is 19.0 Å². The molecule has 1 N–H and O–H groups in total. The number of fused-ring (bicyclic) bond motifs is 1. The summed E-state index contributed by atoms with van der Waals surface area (Å²) >= 11 is 1.77. The number of aryl methyl sites for hydroxylation is 1. The molecule has 0 spiro atoms. The van der Waals surface area contributed by atoms with E-state index in [4.69, 9.17) is 19.2 Å². The van der Waals surface area contributed by atoms with Crippen molar-refractivity contribution >= 4 is 32.6 Å². The summed E-state index contributed by atoms with van der Waals surface area (Å²) in [5.74, 6) is 1.23. The molecule has 2 aromatic carbocycles. The zero-order chi connectivity index (χ0) is 24.1. The van der Waals surface area contributed by atoms with Gasteiger partial charge in [-0.25, -0.2) is 4.98 Å². The van der Waals surface area contributed by atoms with Gasteiger partial charge in [-0.05, 0) is 30.2 Å². The lowest BCUT2D eigenvalue weighted by molar-refractivity contribution is 0.0947. The average molecular weight is 485 g/mol. The number of nitrogens with one attached hydrogen (secondary N) is 1. The Morgan fingerprint density at radius 1 is 1.06 bits per heavy atom. The summed E-state index contributed by atoms with van der Waals surface area (Å²) in [5.41, 5.74) is 2.92. The van der Waals surface area contributed by atoms with Gasteiger partial charge in [-0.1, -0.05) is 30.4 Å². The van der Waals surface area contributed by atoms with Crippen molar-refractivity contribution in [2.75, 3.05) is 65.5 Å². The summed E-state index contributed by atoms with van der Waals surface area (Å²) in [6.45, 7) is 7.28. The highest BCUT2D eigenvalue weighted by Crippen LogP contribution is 2.38. The van der Waals surface area contributed by atoms with Crippen LogP contribution in [0.25, 0.3) is 10.2 Å². The third kappa shape index (κ3) is 5.05. The van der Waals surface area contributed by atoms with Gasteiger partial charge in [0, 0.05) is 44.8 Å². The third-order valence-electron chi connectivity index (χ3n) is 6.16. The normalized spacial score (nSPS) is 14.3. The van der Waals surface area contributed by atoms with Crippen molar-refractivity contribution in [3.8, 4) is 17.2 Å². The van der Waals surface area contributed by atoms with Crippen molar-refractivity contribution in [1.29, 1.82) is 0 Å². The first kappa shape index (κ1) is 24.1. The first-order chi connectivity index (χ1) is 16.6. The molecule has 0 atom stereocenters. The van der Waals surface area contributed by atoms with E-state index >= 15 is 0 Å². The Balaban J connectivity index is 1.29. The number of piperazine rings is 1. The monoisotopic (exact) mass is 484 g/mol. The molecule has 1 aliphatic heterocycles. The summed E-state index contributed by atoms with van der Waals surface area (Å²) in [7, 11) is 4.62. The van der Waals surface area contributed by atoms with Crippen molar-refractivity contribution in [2.45, 2.75) is 13.3 Å². The van der Waals surface area contributed by atoms with Gasteiger partial charge in [-0.3, -0.25) is 9.69 Å². The topological polar surface area (TPSA) is 76.2 Å². The van der Waals surface area contributed by atoms with E-state index in [1.165, 1.54) is 24.5 Å². The molecule has 0 saturated carbocycles. The predicted octanol–water partition coefficient (Wildman–Crippen LogP) is 3.44. The van der Waals surface area contributed by atoms with Crippen LogP contribution in [-0.2, 0) is 6.42 Å². The molecular formula is C25H32N4O4S. The van der Waals surface area contributed by atoms with Gasteiger partial charge in [0.15, 0.2) is 16.6 Å². The Hall–Kier alpha value is -3.04. The number of carbonyl (C=O) groups excluding carboxylic acids is 1. The van der Waals surface area contributed by atoms with Gasteiger partial charge in [0.25, 0.3) is 5.91 Å². The van der Waals surface area contributed by atoms with Crippen LogP contribution in [0.2, 0.25) is 0 Å². The third-order valence-corrected chi connectivity index (χ3v) is 7.24. The Labute approximate surface area is 204 Å². The molecule has 2 heterocycles. The fourth-order valence-electron chi connectivity index (χ4n) is 4.22. The fourth-order valence-corrected chi connectivity index (χ4v) is 5.28. The number of thiazole rings is 1. The van der Waals surface area contributed by atoms with Crippen LogP contribution < -0.4 is 24.4 Å². The van der Waals surface area contributed by atoms with Crippen LogP contribution >= 0.6 is 11.3 Å². The van der Waals surface area contributed by atoms with Gasteiger partial charge < -0.3 is 24.4 Å². The lowest BCUT2D eigenvalue weighted by Gasteiger charge is -2.34. The van der Waals surface area contributed by atoms with Gasteiger partial charge in [-0.15, -0.1) is 0 Å². The smallest absolute Gasteiger partial charge is 0.251 e. The second-order valence-corrected chi connectivity index (χ2v) is 9.12. The zero-order valence-corrected chi connectivity index (χ0v) is 21.0. The van der Waals surface area contributed by atoms with Gasteiger partial charge in [0.05, 0.1) is 31.5 Å². The molecule has 8 nitrogen and oxygen atoms in total. The predicted molar refractivity (Wildman–Crippen MR) is 136 cm³/mol. The maximum absolute atomic E-state index is 12.7. The molecule has 0 aliphatic carbocycles. The van der Waals surface area contributed by atoms with Crippen LogP contribution in [0, 0.1) is 0 Å². The van der Waals surface area contributed by atoms with E-state index in [0.29, 0.717) is 29.4 Å². The molecule has 9 heteroatoms. The molecular weight excluding hydrogens is 452 g/mol. The van der Waals surface area contributed by atoms with Crippen molar-refractivity contribution in [2.24, 2.45) is 0 Å². The number of aromatic nitrogens is 1. The number of amides is 1. The number of methoxy groups -OCH3 is 3. The molecule has 1 aromatic heterocycles.